The first-order valence-corrected chi connectivity index (χ1v) is 8.32. The maximum absolute atomic E-state index is 12.1. The van der Waals surface area contributed by atoms with Crippen LogP contribution in [0, 0.1) is 5.21 Å². The minimum absolute atomic E-state index is 0.0480. The molecule has 0 atom stereocenters. The highest BCUT2D eigenvalue weighted by Crippen LogP contribution is 2.19. The topological polar surface area (TPSA) is 126 Å². The number of benzene rings is 1. The van der Waals surface area contributed by atoms with Crippen LogP contribution in [-0.2, 0) is 14.8 Å². The number of hydrogen-bond donors (Lipinski definition) is 3. The molecule has 1 aliphatic heterocycles. The Labute approximate surface area is 142 Å². The van der Waals surface area contributed by atoms with E-state index < -0.39 is 16.1 Å². The molecule has 0 saturated carbocycles. The summed E-state index contributed by atoms with van der Waals surface area (Å²) in [7, 11) is -2.94. The van der Waals surface area contributed by atoms with Crippen molar-refractivity contribution in [2.24, 2.45) is 0 Å². The summed E-state index contributed by atoms with van der Waals surface area (Å²) in [6.45, 7) is 1.61. The second-order valence-corrected chi connectivity index (χ2v) is 6.60. The van der Waals surface area contributed by atoms with Gasteiger partial charge in [-0.1, -0.05) is 23.7 Å². The minimum atomic E-state index is -4.21. The Morgan fingerprint density at radius 1 is 1.42 bits per heavy atom. The lowest BCUT2D eigenvalue weighted by Gasteiger charge is -2.25. The van der Waals surface area contributed by atoms with Crippen LogP contribution in [-0.4, -0.2) is 37.5 Å². The van der Waals surface area contributed by atoms with Gasteiger partial charge in [0.1, 0.15) is 4.90 Å². The van der Waals surface area contributed by atoms with Crippen molar-refractivity contribution in [1.82, 2.24) is 20.8 Å². The highest BCUT2D eigenvalue weighted by atomic mass is 35.5. The normalized spacial score (nSPS) is 14.6. The van der Waals surface area contributed by atoms with Crippen LogP contribution in [0.1, 0.15) is 6.92 Å². The number of methoxy groups -OCH3 is 1. The summed E-state index contributed by atoms with van der Waals surface area (Å²) >= 11 is 5.81. The average molecular weight is 376 g/mol. The Morgan fingerprint density at radius 2 is 2.08 bits per heavy atom. The summed E-state index contributed by atoms with van der Waals surface area (Å²) in [6.07, 6.45) is 1.39. The van der Waals surface area contributed by atoms with Crippen LogP contribution in [0.25, 0.3) is 0 Å². The zero-order chi connectivity index (χ0) is 17.9. The summed E-state index contributed by atoms with van der Waals surface area (Å²) in [5, 5.41) is 12.5. The number of sulfonamides is 1. The van der Waals surface area contributed by atoms with Crippen molar-refractivity contribution in [3.05, 3.63) is 46.3 Å². The molecule has 0 unspecified atom stereocenters. The zero-order valence-electron chi connectivity index (χ0n) is 12.6. The number of hydrazine groups is 3. The van der Waals surface area contributed by atoms with Gasteiger partial charge >= 0.3 is 11.9 Å². The van der Waals surface area contributed by atoms with Gasteiger partial charge in [-0.3, -0.25) is 0 Å². The first kappa shape index (κ1) is 17.7. The average Bonchev–Trinajstić information content (AvgIpc) is 2.50. The molecular weight excluding hydrogens is 362 g/mol. The highest BCUT2D eigenvalue weighted by molar-refractivity contribution is 7.90. The van der Waals surface area contributed by atoms with Crippen molar-refractivity contribution in [1.29, 1.82) is 0 Å². The molecule has 2 rings (SSSR count). The zero-order valence-corrected chi connectivity index (χ0v) is 14.2. The number of ether oxygens (including phenoxy) is 1. The molecule has 1 aromatic rings. The van der Waals surface area contributed by atoms with Gasteiger partial charge in [-0.15, -0.1) is 0 Å². The predicted molar refractivity (Wildman–Crippen MR) is 84.7 cm³/mol. The molecule has 0 fully saturated rings. The molecule has 1 heterocycles. The Hall–Kier alpha value is -2.66. The number of carbonyl (C=O) groups is 1. The maximum Gasteiger partial charge on any atom is 0.408 e. The minimum Gasteiger partial charge on any atom is -0.590 e. The fraction of sp³-hybridized carbons (Fsp3) is 0.167. The Morgan fingerprint density at radius 3 is 2.71 bits per heavy atom. The molecule has 3 N–H and O–H groups in total. The second-order valence-electron chi connectivity index (χ2n) is 4.54. The summed E-state index contributed by atoms with van der Waals surface area (Å²) < 4.78 is 30.9. The maximum atomic E-state index is 12.1. The van der Waals surface area contributed by atoms with Crippen molar-refractivity contribution >= 4 is 33.6 Å². The molecule has 1 aromatic carbocycles. The predicted octanol–water partition coefficient (Wildman–Crippen LogP) is 0.437. The SMILES string of the molecule is COC1=[N+]([O-])N(NC(=O)NS(=O)(=O)c2ccccc2Cl)NC(C)=C1. The number of halogens is 1. The van der Waals surface area contributed by atoms with Gasteiger partial charge in [-0.05, 0) is 23.9 Å². The number of allylic oxidation sites excluding steroid dienone is 1. The van der Waals surface area contributed by atoms with E-state index in [0.717, 1.165) is 0 Å². The molecule has 0 spiro atoms. The van der Waals surface area contributed by atoms with E-state index in [1.54, 1.807) is 17.7 Å². The summed E-state index contributed by atoms with van der Waals surface area (Å²) in [5.41, 5.74) is 5.02. The molecule has 0 bridgehead atoms. The van der Waals surface area contributed by atoms with Crippen molar-refractivity contribution in [3.63, 3.8) is 0 Å². The first-order chi connectivity index (χ1) is 11.2. The number of nitrogens with zero attached hydrogens (tertiary/aromatic N) is 2. The lowest BCUT2D eigenvalue weighted by atomic mass is 10.4. The fourth-order valence-electron chi connectivity index (χ4n) is 1.75. The van der Waals surface area contributed by atoms with Crippen molar-refractivity contribution in [3.8, 4) is 0 Å². The number of carbonyl (C=O) groups excluding carboxylic acids is 1. The van der Waals surface area contributed by atoms with E-state index >= 15 is 0 Å². The number of hydrazone groups is 1. The van der Waals surface area contributed by atoms with Crippen LogP contribution in [0.15, 0.2) is 40.9 Å². The molecule has 12 heteroatoms. The first-order valence-electron chi connectivity index (χ1n) is 6.46. The van der Waals surface area contributed by atoms with E-state index in [0.29, 0.717) is 10.9 Å². The standard InChI is InChI=1S/C12H14ClN5O5S/c1-8-7-11(23-2)17(20)18(14-8)15-12(19)16-24(21,22)10-6-4-3-5-9(10)13/h3-7,14H,1-2H3,(H2,15,16,19). The van der Waals surface area contributed by atoms with Gasteiger partial charge < -0.3 is 9.94 Å². The van der Waals surface area contributed by atoms with Gasteiger partial charge in [0.15, 0.2) is 0 Å². The molecule has 10 nitrogen and oxygen atoms in total. The molecule has 24 heavy (non-hydrogen) atoms. The van der Waals surface area contributed by atoms with Crippen molar-refractivity contribution in [2.75, 3.05) is 7.11 Å². The van der Waals surface area contributed by atoms with E-state index in [9.17, 15) is 18.4 Å². The van der Waals surface area contributed by atoms with Gasteiger partial charge in [0, 0.05) is 10.9 Å². The molecule has 1 aliphatic rings. The molecule has 0 radical (unpaired) electrons. The Balaban J connectivity index is 2.13. The summed E-state index contributed by atoms with van der Waals surface area (Å²) in [5.74, 6) is -0.111. The fourth-order valence-corrected chi connectivity index (χ4v) is 3.18. The van der Waals surface area contributed by atoms with Crippen LogP contribution in [0.3, 0.4) is 0 Å². The lowest BCUT2D eigenvalue weighted by Crippen LogP contribution is -2.59. The molecule has 0 aromatic heterocycles. The molecule has 2 amide bonds. The quantitative estimate of drug-likeness (QED) is 0.516. The van der Waals surface area contributed by atoms with Gasteiger partial charge in [-0.2, -0.15) is 5.43 Å². The number of rotatable bonds is 3. The van der Waals surface area contributed by atoms with E-state index in [1.807, 2.05) is 5.43 Å². The number of amides is 2. The number of urea groups is 1. The second kappa shape index (κ2) is 6.84. The van der Waals surface area contributed by atoms with Gasteiger partial charge in [0.25, 0.3) is 10.0 Å². The molecule has 0 saturated heterocycles. The summed E-state index contributed by atoms with van der Waals surface area (Å²) in [4.78, 5) is 11.8. The number of nitrogens with one attached hydrogen (secondary N) is 3. The Kier molecular flexibility index (Phi) is 5.04. The van der Waals surface area contributed by atoms with E-state index in [4.69, 9.17) is 16.3 Å². The van der Waals surface area contributed by atoms with Crippen molar-refractivity contribution in [2.45, 2.75) is 11.8 Å². The lowest BCUT2D eigenvalue weighted by molar-refractivity contribution is -0.669. The third kappa shape index (κ3) is 3.81. The van der Waals surface area contributed by atoms with Gasteiger partial charge in [-0.25, -0.2) is 23.4 Å². The highest BCUT2D eigenvalue weighted by Gasteiger charge is 2.27. The molecule has 130 valence electrons. The Bertz CT molecular complexity index is 823. The van der Waals surface area contributed by atoms with Crippen LogP contribution in [0.4, 0.5) is 4.79 Å². The van der Waals surface area contributed by atoms with Crippen LogP contribution >= 0.6 is 11.6 Å². The van der Waals surface area contributed by atoms with Crippen LogP contribution < -0.4 is 15.6 Å². The smallest absolute Gasteiger partial charge is 0.408 e. The van der Waals surface area contributed by atoms with E-state index in [1.165, 1.54) is 31.4 Å². The monoisotopic (exact) mass is 375 g/mol. The van der Waals surface area contributed by atoms with Crippen LogP contribution in [0.2, 0.25) is 5.02 Å². The third-order valence-corrected chi connectivity index (χ3v) is 4.59. The van der Waals surface area contributed by atoms with Gasteiger partial charge in [0.2, 0.25) is 0 Å². The third-order valence-electron chi connectivity index (χ3n) is 2.76. The summed E-state index contributed by atoms with van der Waals surface area (Å²) in [6, 6.07) is 4.44. The van der Waals surface area contributed by atoms with E-state index in [-0.39, 0.29) is 20.7 Å². The molecule has 0 aliphatic carbocycles. The van der Waals surface area contributed by atoms with E-state index in [2.05, 4.69) is 5.43 Å². The molecular formula is C12H14ClN5O5S. The van der Waals surface area contributed by atoms with Gasteiger partial charge in [0.05, 0.1) is 18.2 Å². The van der Waals surface area contributed by atoms with Crippen molar-refractivity contribution < 1.29 is 22.8 Å². The van der Waals surface area contributed by atoms with Crippen LogP contribution in [0.5, 0.6) is 0 Å². The number of hydrogen-bond acceptors (Lipinski definition) is 7. The largest absolute Gasteiger partial charge is 0.590 e.